The number of likely N-dealkylation sites (tertiary alicyclic amines) is 1. The molecule has 12 heteroatoms. The van der Waals surface area contributed by atoms with E-state index in [-0.39, 0.29) is 11.8 Å². The van der Waals surface area contributed by atoms with Gasteiger partial charge in [0.05, 0.1) is 18.1 Å². The van der Waals surface area contributed by atoms with Gasteiger partial charge < -0.3 is 30.6 Å². The number of hydrogen-bond acceptors (Lipinski definition) is 8. The van der Waals surface area contributed by atoms with Crippen LogP contribution in [0.5, 0.6) is 0 Å². The van der Waals surface area contributed by atoms with E-state index in [0.29, 0.717) is 31.8 Å². The van der Waals surface area contributed by atoms with Crippen molar-refractivity contribution in [2.75, 3.05) is 13.1 Å². The first-order chi connectivity index (χ1) is 14.4. The number of amidine groups is 2. The zero-order valence-electron chi connectivity index (χ0n) is 17.2. The third-order valence-corrected chi connectivity index (χ3v) is 5.42. The molecular weight excluding hydrogens is 419 g/mol. The zero-order valence-corrected chi connectivity index (χ0v) is 17.2. The van der Waals surface area contributed by atoms with E-state index in [4.69, 9.17) is 20.7 Å². The van der Waals surface area contributed by atoms with Gasteiger partial charge in [0.25, 0.3) is 0 Å². The number of nitrogens with one attached hydrogen (secondary N) is 2. The lowest BCUT2D eigenvalue weighted by Crippen LogP contribution is -2.59. The van der Waals surface area contributed by atoms with Crippen molar-refractivity contribution in [3.8, 4) is 0 Å². The molecule has 9 nitrogen and oxygen atoms in total. The molecule has 3 aliphatic heterocycles. The summed E-state index contributed by atoms with van der Waals surface area (Å²) in [6, 6.07) is 0. The van der Waals surface area contributed by atoms with Gasteiger partial charge in [-0.3, -0.25) is 10.2 Å². The second kappa shape index (κ2) is 8.50. The van der Waals surface area contributed by atoms with Crippen molar-refractivity contribution in [2.24, 2.45) is 16.8 Å². The van der Waals surface area contributed by atoms with Crippen LogP contribution in [0.1, 0.15) is 33.1 Å². The number of aliphatic hydroxyl groups is 1. The van der Waals surface area contributed by atoms with Crippen LogP contribution in [0.2, 0.25) is 0 Å². The van der Waals surface area contributed by atoms with Gasteiger partial charge in [-0.2, -0.15) is 13.2 Å². The Morgan fingerprint density at radius 1 is 1.45 bits per heavy atom. The highest BCUT2D eigenvalue weighted by Crippen LogP contribution is 2.43. The molecule has 2 atom stereocenters. The van der Waals surface area contributed by atoms with Gasteiger partial charge in [-0.1, -0.05) is 5.16 Å². The summed E-state index contributed by atoms with van der Waals surface area (Å²) in [5.41, 5.74) is 1.56. The van der Waals surface area contributed by atoms with Crippen molar-refractivity contribution < 1.29 is 32.6 Å². The van der Waals surface area contributed by atoms with Crippen LogP contribution >= 0.6 is 0 Å². The van der Waals surface area contributed by atoms with Crippen molar-refractivity contribution >= 4 is 17.6 Å². The topological polar surface area (TPSA) is 133 Å². The highest BCUT2D eigenvalue weighted by molar-refractivity contribution is 6.11. The summed E-state index contributed by atoms with van der Waals surface area (Å²) in [6.07, 6.45) is -2.75. The average molecular weight is 445 g/mol. The molecule has 172 valence electrons. The first kappa shape index (κ1) is 23.1. The molecule has 3 aliphatic rings. The van der Waals surface area contributed by atoms with Crippen molar-refractivity contribution in [3.05, 3.63) is 23.4 Å². The molecule has 0 saturated carbocycles. The van der Waals surface area contributed by atoms with Gasteiger partial charge in [-0.15, -0.1) is 0 Å². The molecule has 0 aliphatic carbocycles. The molecule has 2 saturated heterocycles. The maximum absolute atomic E-state index is 13.6. The van der Waals surface area contributed by atoms with Gasteiger partial charge in [0, 0.05) is 24.7 Å². The Labute approximate surface area is 177 Å². The van der Waals surface area contributed by atoms with E-state index in [0.717, 1.165) is 0 Å². The van der Waals surface area contributed by atoms with Crippen LogP contribution in [-0.4, -0.2) is 64.8 Å². The monoisotopic (exact) mass is 445 g/mol. The maximum Gasteiger partial charge on any atom is 0.422 e. The predicted molar refractivity (Wildman–Crippen MR) is 105 cm³/mol. The smallest absolute Gasteiger partial charge is 0.401 e. The lowest BCUT2D eigenvalue weighted by atomic mass is 9.79. The second-order valence-electron chi connectivity index (χ2n) is 8.02. The summed E-state index contributed by atoms with van der Waals surface area (Å²) in [6.45, 7) is 4.62. The van der Waals surface area contributed by atoms with Gasteiger partial charge in [-0.25, -0.2) is 0 Å². The number of ether oxygens (including phenoxy) is 1. The van der Waals surface area contributed by atoms with Crippen LogP contribution in [0.3, 0.4) is 0 Å². The molecule has 2 unspecified atom stereocenters. The largest absolute Gasteiger partial charge is 0.422 e. The van der Waals surface area contributed by atoms with Crippen LogP contribution in [0.4, 0.5) is 13.2 Å². The summed E-state index contributed by atoms with van der Waals surface area (Å²) >= 11 is 0. The number of piperidine rings is 2. The fourth-order valence-electron chi connectivity index (χ4n) is 3.86. The molecule has 0 radical (unpaired) electrons. The summed E-state index contributed by atoms with van der Waals surface area (Å²) in [4.78, 5) is 18.8. The quantitative estimate of drug-likeness (QED) is 0.518. The van der Waals surface area contributed by atoms with Crippen LogP contribution in [0.15, 0.2) is 28.6 Å². The minimum atomic E-state index is -5.15. The van der Waals surface area contributed by atoms with Crippen molar-refractivity contribution in [1.82, 2.24) is 10.2 Å². The number of allylic oxidation sites excluding steroid dienone is 1. The molecule has 0 aromatic rings. The number of oxime groups is 1. The Morgan fingerprint density at radius 2 is 2.10 bits per heavy atom. The molecule has 2 fully saturated rings. The number of nitrogens with two attached hydrogens (primary N) is 1. The number of alkyl halides is 3. The van der Waals surface area contributed by atoms with Gasteiger partial charge in [-0.05, 0) is 38.8 Å². The number of amides is 1. The molecule has 0 bridgehead atoms. The highest BCUT2D eigenvalue weighted by atomic mass is 19.4. The van der Waals surface area contributed by atoms with E-state index in [2.05, 4.69) is 5.16 Å². The number of hydrogen-bond donors (Lipinski definition) is 4. The lowest BCUT2D eigenvalue weighted by Gasteiger charge is -2.40. The standard InChI is InChI=1S/C19H26F3N5O4/c1-10(2)30-14-4-3-12(26-31-14)27-7-5-11(6-8-27)16(23)15-17(24)25-13(28)9-18(15,29)19(20,21)22/h3-4,10-11,14,29H,5-9,23H2,1-2H3,(H2,24,25,28). The minimum Gasteiger partial charge on any atom is -0.401 e. The number of halogens is 3. The number of carbonyl (C=O) groups is 1. The summed E-state index contributed by atoms with van der Waals surface area (Å²) < 4.78 is 46.3. The van der Waals surface area contributed by atoms with E-state index in [1.165, 1.54) is 0 Å². The van der Waals surface area contributed by atoms with E-state index in [9.17, 15) is 23.1 Å². The molecular formula is C19H26F3N5O4. The normalized spacial score (nSPS) is 29.6. The number of rotatable bonds is 3. The van der Waals surface area contributed by atoms with Gasteiger partial charge in [0.1, 0.15) is 5.84 Å². The third kappa shape index (κ3) is 4.69. The van der Waals surface area contributed by atoms with Gasteiger partial charge in [0.2, 0.25) is 12.2 Å². The Kier molecular flexibility index (Phi) is 6.33. The van der Waals surface area contributed by atoms with Crippen LogP contribution in [0.25, 0.3) is 0 Å². The maximum atomic E-state index is 13.6. The Hall–Kier alpha value is -2.60. The Bertz CT molecular complexity index is 831. The third-order valence-electron chi connectivity index (χ3n) is 5.42. The summed E-state index contributed by atoms with van der Waals surface area (Å²) in [5, 5.41) is 24.2. The summed E-state index contributed by atoms with van der Waals surface area (Å²) in [5.74, 6) is -1.84. The van der Waals surface area contributed by atoms with Crippen molar-refractivity contribution in [2.45, 2.75) is 57.3 Å². The van der Waals surface area contributed by atoms with E-state index in [1.807, 2.05) is 24.1 Å². The van der Waals surface area contributed by atoms with Crippen LogP contribution in [0, 0.1) is 11.3 Å². The second-order valence-corrected chi connectivity index (χ2v) is 8.02. The number of carbonyl (C=O) groups excluding carboxylic acids is 1. The number of nitrogens with zero attached hydrogens (tertiary/aromatic N) is 2. The van der Waals surface area contributed by atoms with E-state index in [1.54, 1.807) is 12.2 Å². The van der Waals surface area contributed by atoms with Crippen LogP contribution < -0.4 is 11.1 Å². The SMILES string of the molecule is CC(C)OC1C=CC(N2CCC(C(N)=C3C(=N)NC(=O)CC3(O)C(F)(F)F)CC2)=NO1. The zero-order chi connectivity index (χ0) is 23.0. The van der Waals surface area contributed by atoms with Crippen molar-refractivity contribution in [1.29, 1.82) is 5.41 Å². The molecule has 3 heterocycles. The highest BCUT2D eigenvalue weighted by Gasteiger charge is 2.61. The van der Waals surface area contributed by atoms with Crippen LogP contribution in [-0.2, 0) is 14.4 Å². The molecule has 5 N–H and O–H groups in total. The molecule has 1 amide bonds. The van der Waals surface area contributed by atoms with Gasteiger partial charge >= 0.3 is 6.18 Å². The van der Waals surface area contributed by atoms with E-state index >= 15 is 0 Å². The fourth-order valence-corrected chi connectivity index (χ4v) is 3.86. The molecule has 0 aromatic heterocycles. The molecule has 3 rings (SSSR count). The Morgan fingerprint density at radius 3 is 2.61 bits per heavy atom. The van der Waals surface area contributed by atoms with Gasteiger partial charge in [0.15, 0.2) is 11.4 Å². The van der Waals surface area contributed by atoms with Crippen molar-refractivity contribution in [3.63, 3.8) is 0 Å². The first-order valence-electron chi connectivity index (χ1n) is 9.93. The lowest BCUT2D eigenvalue weighted by molar-refractivity contribution is -0.244. The average Bonchev–Trinajstić information content (AvgIpc) is 2.66. The Balaban J connectivity index is 1.72. The first-order valence-corrected chi connectivity index (χ1v) is 9.93. The minimum absolute atomic E-state index is 0.0307. The summed E-state index contributed by atoms with van der Waals surface area (Å²) in [7, 11) is 0. The van der Waals surface area contributed by atoms with E-state index < -0.39 is 47.7 Å². The predicted octanol–water partition coefficient (Wildman–Crippen LogP) is 1.35. The molecule has 31 heavy (non-hydrogen) atoms. The molecule has 0 aromatic carbocycles. The molecule has 0 spiro atoms. The fraction of sp³-hybridized carbons (Fsp3) is 0.632.